The van der Waals surface area contributed by atoms with Crippen molar-refractivity contribution >= 4 is 45.1 Å². The van der Waals surface area contributed by atoms with Gasteiger partial charge < -0.3 is 26.2 Å². The van der Waals surface area contributed by atoms with E-state index in [1.165, 1.54) is 11.3 Å². The number of rotatable bonds is 10. The Balaban J connectivity index is 1.25. The van der Waals surface area contributed by atoms with Crippen LogP contribution in [-0.4, -0.2) is 71.8 Å². The van der Waals surface area contributed by atoms with Gasteiger partial charge in [-0.05, 0) is 49.8 Å². The van der Waals surface area contributed by atoms with Gasteiger partial charge in [0.05, 0.1) is 4.88 Å². The van der Waals surface area contributed by atoms with Crippen molar-refractivity contribution in [1.82, 2.24) is 26.2 Å². The van der Waals surface area contributed by atoms with Crippen LogP contribution in [-0.2, 0) is 20.8 Å². The fraction of sp³-hybridized carbons (Fsp3) is 0.455. The minimum atomic E-state index is -1.09. The number of piperazine rings is 1. The Bertz CT molecular complexity index is 1410. The largest absolute Gasteiger partial charge is 0.354 e. The van der Waals surface area contributed by atoms with Crippen LogP contribution in [0.5, 0.6) is 0 Å². The van der Waals surface area contributed by atoms with E-state index >= 15 is 0 Å². The maximum atomic E-state index is 13.9. The second kappa shape index (κ2) is 13.7. The van der Waals surface area contributed by atoms with E-state index in [1.54, 1.807) is 0 Å². The van der Waals surface area contributed by atoms with Crippen molar-refractivity contribution in [3.8, 4) is 0 Å². The van der Waals surface area contributed by atoms with Crippen molar-refractivity contribution in [3.63, 3.8) is 0 Å². The average Bonchev–Trinajstić information content (AvgIpc) is 3.65. The van der Waals surface area contributed by atoms with Crippen LogP contribution in [0.2, 0.25) is 0 Å². The molecule has 1 aliphatic carbocycles. The van der Waals surface area contributed by atoms with Gasteiger partial charge in [-0.2, -0.15) is 0 Å². The number of thiophene rings is 1. The van der Waals surface area contributed by atoms with Crippen LogP contribution in [0, 0.1) is 0 Å². The molecule has 1 saturated heterocycles. The van der Waals surface area contributed by atoms with Gasteiger partial charge >= 0.3 is 0 Å². The zero-order valence-electron chi connectivity index (χ0n) is 24.9. The third kappa shape index (κ3) is 7.61. The van der Waals surface area contributed by atoms with Crippen molar-refractivity contribution in [3.05, 3.63) is 71.1 Å². The number of carbonyl (C=O) groups excluding carboxylic acids is 4. The highest BCUT2D eigenvalue weighted by Crippen LogP contribution is 2.32. The van der Waals surface area contributed by atoms with Gasteiger partial charge in [-0.25, -0.2) is 0 Å². The number of nitrogens with zero attached hydrogens (tertiary/aromatic N) is 1. The molecule has 3 atom stereocenters. The Labute approximate surface area is 256 Å². The van der Waals surface area contributed by atoms with Gasteiger partial charge in [0, 0.05) is 49.3 Å². The fourth-order valence-corrected chi connectivity index (χ4v) is 7.18. The number of benzene rings is 2. The van der Waals surface area contributed by atoms with Crippen LogP contribution >= 0.6 is 11.3 Å². The summed E-state index contributed by atoms with van der Waals surface area (Å²) in [7, 11) is 0. The molecular weight excluding hydrogens is 562 g/mol. The number of fused-ring (bicyclic) bond motifs is 1. The number of carbonyl (C=O) groups is 4. The molecule has 1 aromatic heterocycles. The molecule has 3 aromatic rings. The molecule has 4 N–H and O–H groups in total. The molecule has 5 rings (SSSR count). The summed E-state index contributed by atoms with van der Waals surface area (Å²) in [5.74, 6) is -0.984. The summed E-state index contributed by atoms with van der Waals surface area (Å²) in [6.45, 7) is 5.56. The van der Waals surface area contributed by atoms with Crippen LogP contribution in [0.15, 0.2) is 60.7 Å². The summed E-state index contributed by atoms with van der Waals surface area (Å²) in [5, 5.41) is 13.3. The summed E-state index contributed by atoms with van der Waals surface area (Å²) < 4.78 is 1.01. The second-order valence-corrected chi connectivity index (χ2v) is 13.0. The molecule has 1 aliphatic heterocycles. The maximum absolute atomic E-state index is 13.9. The summed E-state index contributed by atoms with van der Waals surface area (Å²) >= 11 is 1.40. The first kappa shape index (κ1) is 30.7. The van der Waals surface area contributed by atoms with Gasteiger partial charge in [0.2, 0.25) is 17.7 Å². The molecule has 0 spiro atoms. The van der Waals surface area contributed by atoms with E-state index in [9.17, 15) is 19.2 Å². The molecule has 2 aromatic carbocycles. The van der Waals surface area contributed by atoms with E-state index < -0.39 is 11.6 Å². The molecule has 0 bridgehead atoms. The van der Waals surface area contributed by atoms with E-state index in [4.69, 9.17) is 0 Å². The van der Waals surface area contributed by atoms with Crippen molar-refractivity contribution in [2.45, 2.75) is 76.0 Å². The smallest absolute Gasteiger partial charge is 0.262 e. The number of amides is 4. The van der Waals surface area contributed by atoms with Gasteiger partial charge in [0.1, 0.15) is 11.6 Å². The minimum Gasteiger partial charge on any atom is -0.354 e. The molecule has 2 fully saturated rings. The Morgan fingerprint density at radius 2 is 1.65 bits per heavy atom. The number of nitrogens with one attached hydrogen (secondary N) is 4. The van der Waals surface area contributed by atoms with E-state index in [-0.39, 0.29) is 48.7 Å². The lowest BCUT2D eigenvalue weighted by atomic mass is 9.94. The molecular formula is C33H41N5O4S. The zero-order valence-corrected chi connectivity index (χ0v) is 25.7. The van der Waals surface area contributed by atoms with E-state index in [1.807, 2.05) is 65.6 Å². The molecule has 4 amide bonds. The number of hydrogen-bond acceptors (Lipinski definition) is 6. The minimum absolute atomic E-state index is 0.00185. The summed E-state index contributed by atoms with van der Waals surface area (Å²) in [4.78, 5) is 56.0. The molecule has 2 aliphatic rings. The predicted molar refractivity (Wildman–Crippen MR) is 169 cm³/mol. The summed E-state index contributed by atoms with van der Waals surface area (Å²) in [5.41, 5.74) is -0.189. The average molecular weight is 604 g/mol. The Kier molecular flexibility index (Phi) is 9.77. The Hall–Kier alpha value is -3.76. The molecule has 9 nitrogen and oxygen atoms in total. The third-order valence-corrected chi connectivity index (χ3v) is 9.46. The highest BCUT2D eigenvalue weighted by atomic mass is 32.1. The van der Waals surface area contributed by atoms with Gasteiger partial charge in [-0.15, -0.1) is 11.3 Å². The first-order valence-corrected chi connectivity index (χ1v) is 16.0. The molecule has 0 radical (unpaired) electrons. The van der Waals surface area contributed by atoms with Crippen LogP contribution in [0.1, 0.15) is 61.2 Å². The van der Waals surface area contributed by atoms with Crippen molar-refractivity contribution < 1.29 is 19.2 Å². The van der Waals surface area contributed by atoms with Gasteiger partial charge in [-0.3, -0.25) is 19.2 Å². The molecule has 2 heterocycles. The third-order valence-electron chi connectivity index (χ3n) is 8.35. The Morgan fingerprint density at radius 1 is 0.977 bits per heavy atom. The molecule has 1 saturated carbocycles. The lowest BCUT2D eigenvalue weighted by Crippen LogP contribution is -2.61. The van der Waals surface area contributed by atoms with Crippen LogP contribution in [0.3, 0.4) is 0 Å². The highest BCUT2D eigenvalue weighted by Gasteiger charge is 2.44. The molecule has 2 unspecified atom stereocenters. The fourth-order valence-electron chi connectivity index (χ4n) is 6.22. The predicted octanol–water partition coefficient (Wildman–Crippen LogP) is 3.39. The first-order valence-electron chi connectivity index (χ1n) is 15.2. The van der Waals surface area contributed by atoms with E-state index in [0.29, 0.717) is 37.2 Å². The highest BCUT2D eigenvalue weighted by molar-refractivity contribution is 7.20. The first-order chi connectivity index (χ1) is 20.7. The van der Waals surface area contributed by atoms with Gasteiger partial charge in [0.25, 0.3) is 5.91 Å². The maximum Gasteiger partial charge on any atom is 0.262 e. The SMILES string of the molecule is CC1CN(C(=O)CCNC(=O)[C@@H](Cc2ccccc2)NC(=O)C2(NC(=O)c3cc4ccccc4s3)CCCC2)CC(C)N1. The molecule has 228 valence electrons. The standard InChI is InChI=1S/C33H41N5O4S/c1-22-20-38(21-23(2)35-22)29(39)14-17-34-30(40)26(18-24-10-4-3-5-11-24)36-32(42)33(15-8-9-16-33)37-31(41)28-19-25-12-6-7-13-27(25)43-28/h3-7,10-13,19,22-23,26,35H,8-9,14-18,20-21H2,1-2H3,(H,34,40)(H,36,42)(H,37,41)/t22?,23?,26-/m1/s1. The Morgan fingerprint density at radius 3 is 2.35 bits per heavy atom. The van der Waals surface area contributed by atoms with Gasteiger partial charge in [-0.1, -0.05) is 61.4 Å². The molecule has 10 heteroatoms. The van der Waals surface area contributed by atoms with Crippen molar-refractivity contribution in [2.24, 2.45) is 0 Å². The molecule has 43 heavy (non-hydrogen) atoms. The quantitative estimate of drug-likeness (QED) is 0.283. The topological polar surface area (TPSA) is 120 Å². The summed E-state index contributed by atoms with van der Waals surface area (Å²) in [6, 6.07) is 18.7. The van der Waals surface area contributed by atoms with E-state index in [2.05, 4.69) is 35.1 Å². The number of hydrogen-bond donors (Lipinski definition) is 4. The summed E-state index contributed by atoms with van der Waals surface area (Å²) in [6.07, 6.45) is 3.10. The van der Waals surface area contributed by atoms with E-state index in [0.717, 1.165) is 28.5 Å². The monoisotopic (exact) mass is 603 g/mol. The zero-order chi connectivity index (χ0) is 30.4. The van der Waals surface area contributed by atoms with Crippen LogP contribution in [0.4, 0.5) is 0 Å². The lowest BCUT2D eigenvalue weighted by Gasteiger charge is -2.36. The van der Waals surface area contributed by atoms with Gasteiger partial charge in [0.15, 0.2) is 0 Å². The van der Waals surface area contributed by atoms with Crippen molar-refractivity contribution in [2.75, 3.05) is 19.6 Å². The normalized spacial score (nSPS) is 20.4. The lowest BCUT2D eigenvalue weighted by molar-refractivity contribution is -0.134. The second-order valence-electron chi connectivity index (χ2n) is 11.9. The van der Waals surface area contributed by atoms with Crippen molar-refractivity contribution in [1.29, 1.82) is 0 Å². The van der Waals surface area contributed by atoms with Crippen LogP contribution < -0.4 is 21.3 Å². The van der Waals surface area contributed by atoms with Crippen LogP contribution in [0.25, 0.3) is 10.1 Å².